The molecule has 7 unspecified atom stereocenters. The molecule has 38 heavy (non-hydrogen) atoms. The average Bonchev–Trinajstić information content (AvgIpc) is 3.36. The topological polar surface area (TPSA) is 60.1 Å². The van der Waals surface area contributed by atoms with Crippen LogP contribution in [-0.4, -0.2) is 98.0 Å². The van der Waals surface area contributed by atoms with Crippen molar-refractivity contribution in [3.05, 3.63) is 0 Å². The Morgan fingerprint density at radius 3 is 2.45 bits per heavy atom. The third-order valence-electron chi connectivity index (χ3n) is 10.8. The Morgan fingerprint density at radius 1 is 1.08 bits per heavy atom. The maximum atomic E-state index is 14.2. The summed E-state index contributed by atoms with van der Waals surface area (Å²) >= 11 is 0. The minimum atomic E-state index is -4.40. The van der Waals surface area contributed by atoms with Crippen LogP contribution in [0.5, 0.6) is 0 Å². The van der Waals surface area contributed by atoms with Gasteiger partial charge in [-0.25, -0.2) is 19.6 Å². The minimum absolute atomic E-state index is 0.0183. The number of hydrogen-bond donors (Lipinski definition) is 2. The van der Waals surface area contributed by atoms with Gasteiger partial charge in [-0.3, -0.25) is 14.6 Å². The number of rotatable bonds is 6. The normalized spacial score (nSPS) is 40.9. The highest BCUT2D eigenvalue weighted by Gasteiger charge is 2.59. The van der Waals surface area contributed by atoms with Gasteiger partial charge in [0.25, 0.3) is 0 Å². The Hall–Kier alpha value is -1.08. The van der Waals surface area contributed by atoms with Crippen LogP contribution in [0.4, 0.5) is 22.0 Å². The number of likely N-dealkylation sites (tertiary alicyclic amines) is 2. The van der Waals surface area contributed by atoms with Crippen LogP contribution in [0, 0.1) is 35.0 Å². The molecule has 0 aromatic heterocycles. The largest absolute Gasteiger partial charge is 0.392 e. The second-order valence-corrected chi connectivity index (χ2v) is 12.9. The zero-order chi connectivity index (χ0) is 26.8. The van der Waals surface area contributed by atoms with Crippen LogP contribution in [0.15, 0.2) is 0 Å². The highest BCUT2D eigenvalue weighted by Crippen LogP contribution is 2.53. The van der Waals surface area contributed by atoms with Crippen LogP contribution >= 0.6 is 0 Å². The summed E-state index contributed by atoms with van der Waals surface area (Å²) in [5.41, 5.74) is 6.53. The van der Waals surface area contributed by atoms with Crippen molar-refractivity contribution in [1.29, 1.82) is 0 Å². The van der Waals surface area contributed by atoms with Crippen molar-refractivity contribution >= 4 is 5.91 Å². The molecular weight excluding hydrogens is 509 g/mol. The molecular formula is C26H40F5N5O2. The molecule has 2 saturated carbocycles. The molecule has 0 spiro atoms. The minimum Gasteiger partial charge on any atom is -0.380 e. The van der Waals surface area contributed by atoms with E-state index in [2.05, 4.69) is 22.8 Å². The van der Waals surface area contributed by atoms with Gasteiger partial charge in [-0.1, -0.05) is 6.42 Å². The third-order valence-corrected chi connectivity index (χ3v) is 10.8. The van der Waals surface area contributed by atoms with E-state index >= 15 is 0 Å². The quantitative estimate of drug-likeness (QED) is 0.497. The van der Waals surface area contributed by atoms with Gasteiger partial charge in [0, 0.05) is 49.0 Å². The van der Waals surface area contributed by atoms with Gasteiger partial charge in [0.15, 0.2) is 0 Å². The number of ether oxygens (including phenoxy) is 1. The van der Waals surface area contributed by atoms with Gasteiger partial charge in [0.05, 0.1) is 32.0 Å². The predicted octanol–water partition coefficient (Wildman–Crippen LogP) is 2.89. The monoisotopic (exact) mass is 549 g/mol. The van der Waals surface area contributed by atoms with Crippen LogP contribution in [-0.2, 0) is 9.53 Å². The van der Waals surface area contributed by atoms with Gasteiger partial charge >= 0.3 is 6.18 Å². The second-order valence-electron chi connectivity index (χ2n) is 12.9. The maximum Gasteiger partial charge on any atom is 0.392 e. The first kappa shape index (κ1) is 27.1. The predicted molar refractivity (Wildman–Crippen MR) is 129 cm³/mol. The van der Waals surface area contributed by atoms with Crippen molar-refractivity contribution in [1.82, 2.24) is 25.6 Å². The summed E-state index contributed by atoms with van der Waals surface area (Å²) in [6.45, 7) is 2.54. The summed E-state index contributed by atoms with van der Waals surface area (Å²) in [6.07, 6.45) is -1.83. The lowest BCUT2D eigenvalue weighted by Gasteiger charge is -2.52. The molecule has 12 heteroatoms. The number of carbonyl (C=O) groups excluding carboxylic acids is 1. The molecule has 0 bridgehead atoms. The molecule has 4 aliphatic heterocycles. The fourth-order valence-corrected chi connectivity index (χ4v) is 8.38. The zero-order valence-electron chi connectivity index (χ0n) is 21.9. The molecule has 4 saturated heterocycles. The number of hydrogen-bond acceptors (Lipinski definition) is 6. The summed E-state index contributed by atoms with van der Waals surface area (Å²) < 4.78 is 74.4. The molecule has 0 radical (unpaired) electrons. The number of carbonyl (C=O) groups is 1. The first-order valence-corrected chi connectivity index (χ1v) is 14.2. The van der Waals surface area contributed by atoms with Gasteiger partial charge in [-0.05, 0) is 57.4 Å². The summed E-state index contributed by atoms with van der Waals surface area (Å²) in [5, 5.41) is 0. The van der Waals surface area contributed by atoms with Crippen LogP contribution < -0.4 is 10.9 Å². The third kappa shape index (κ3) is 4.76. The molecule has 7 nitrogen and oxygen atoms in total. The van der Waals surface area contributed by atoms with E-state index in [1.165, 1.54) is 0 Å². The van der Waals surface area contributed by atoms with Crippen molar-refractivity contribution in [2.24, 2.45) is 35.0 Å². The average molecular weight is 550 g/mol. The number of fused-ring (bicyclic) bond motifs is 1. The van der Waals surface area contributed by atoms with Crippen molar-refractivity contribution in [3.63, 3.8) is 0 Å². The number of nitrogens with zero attached hydrogens (tertiary/aromatic N) is 3. The number of halogens is 5. The smallest absolute Gasteiger partial charge is 0.380 e. The summed E-state index contributed by atoms with van der Waals surface area (Å²) in [4.78, 5) is 19.5. The Labute approximate surface area is 220 Å². The van der Waals surface area contributed by atoms with E-state index in [0.717, 1.165) is 38.8 Å². The summed E-state index contributed by atoms with van der Waals surface area (Å²) in [5.74, 6) is -3.53. The van der Waals surface area contributed by atoms with Crippen LogP contribution in [0.3, 0.4) is 0 Å². The number of alkyl halides is 5. The molecule has 0 aromatic carbocycles. The van der Waals surface area contributed by atoms with Crippen LogP contribution in [0.25, 0.3) is 0 Å². The molecule has 6 fully saturated rings. The zero-order valence-corrected chi connectivity index (χ0v) is 21.9. The highest BCUT2D eigenvalue weighted by atomic mass is 19.4. The lowest BCUT2D eigenvalue weighted by atomic mass is 9.64. The Morgan fingerprint density at radius 2 is 1.84 bits per heavy atom. The van der Waals surface area contributed by atoms with E-state index in [1.54, 1.807) is 9.80 Å². The van der Waals surface area contributed by atoms with Crippen molar-refractivity contribution in [2.75, 3.05) is 46.6 Å². The second kappa shape index (κ2) is 10.1. The molecule has 6 aliphatic rings. The van der Waals surface area contributed by atoms with Crippen molar-refractivity contribution in [3.8, 4) is 0 Å². The fraction of sp³-hybridized carbons (Fsp3) is 0.962. The first-order chi connectivity index (χ1) is 18.1. The maximum absolute atomic E-state index is 14.2. The van der Waals surface area contributed by atoms with Gasteiger partial charge < -0.3 is 9.64 Å². The Kier molecular flexibility index (Phi) is 7.19. The first-order valence-electron chi connectivity index (χ1n) is 14.2. The van der Waals surface area contributed by atoms with Crippen LogP contribution in [0.2, 0.25) is 0 Å². The number of nitrogens with one attached hydrogen (secondary N) is 2. The number of hydrazine groups is 1. The van der Waals surface area contributed by atoms with E-state index in [1.807, 2.05) is 0 Å². The van der Waals surface area contributed by atoms with Gasteiger partial charge in [0.2, 0.25) is 12.3 Å². The molecule has 7 atom stereocenters. The Bertz CT molecular complexity index is 883. The molecule has 4 heterocycles. The molecule has 0 aromatic rings. The van der Waals surface area contributed by atoms with Gasteiger partial charge in [0.1, 0.15) is 0 Å². The van der Waals surface area contributed by atoms with E-state index < -0.39 is 42.3 Å². The van der Waals surface area contributed by atoms with E-state index in [0.29, 0.717) is 25.6 Å². The van der Waals surface area contributed by atoms with Gasteiger partial charge in [-0.15, -0.1) is 0 Å². The fourth-order valence-electron chi connectivity index (χ4n) is 8.38. The summed E-state index contributed by atoms with van der Waals surface area (Å²) in [6, 6.07) is -0.503. The Balaban J connectivity index is 1.15. The molecule has 2 aliphatic carbocycles. The molecule has 216 valence electrons. The molecule has 6 rings (SSSR count). The highest BCUT2D eigenvalue weighted by molar-refractivity contribution is 5.82. The molecule has 2 N–H and O–H groups in total. The van der Waals surface area contributed by atoms with E-state index in [-0.39, 0.29) is 49.6 Å². The lowest BCUT2D eigenvalue weighted by molar-refractivity contribution is -0.208. The van der Waals surface area contributed by atoms with E-state index in [9.17, 15) is 26.7 Å². The lowest BCUT2D eigenvalue weighted by Crippen LogP contribution is -2.58. The standard InChI is InChI=1S/C26H40F5N5O2/c1-34-14-32-33-22(34)8-25(12-38-13-25)16-3-2-4-17(5-16)36-11-20-19(24(36)37)6-18(7-21(20)26(29,30)31)35-9-15(10-35)23(27)28/h15-23,32-33H,2-14H2,1H3. The number of amides is 1. The van der Waals surface area contributed by atoms with Crippen molar-refractivity contribution < 1.29 is 31.5 Å². The van der Waals surface area contributed by atoms with Crippen LogP contribution in [0.1, 0.15) is 44.9 Å². The van der Waals surface area contributed by atoms with Crippen molar-refractivity contribution in [2.45, 2.75) is 75.8 Å². The van der Waals surface area contributed by atoms with E-state index in [4.69, 9.17) is 4.74 Å². The SMILES string of the molecule is CN1CNNC1CC1(C2CCCC(N3CC4C(CC(N5CC(C(F)F)C5)CC4C(F)(F)F)C3=O)C2)COC1. The summed E-state index contributed by atoms with van der Waals surface area (Å²) in [7, 11) is 2.07. The molecule has 1 amide bonds. The van der Waals surface area contributed by atoms with Gasteiger partial charge in [-0.2, -0.15) is 13.2 Å².